The number of anilines is 1. The van der Waals surface area contributed by atoms with Gasteiger partial charge < -0.3 is 4.74 Å². The second-order valence-corrected chi connectivity index (χ2v) is 4.30. The van der Waals surface area contributed by atoms with Gasteiger partial charge in [-0.15, -0.1) is 10.2 Å². The van der Waals surface area contributed by atoms with Crippen molar-refractivity contribution in [3.05, 3.63) is 33.7 Å². The van der Waals surface area contributed by atoms with Crippen LogP contribution in [-0.4, -0.2) is 39.6 Å². The van der Waals surface area contributed by atoms with Crippen molar-refractivity contribution in [2.45, 2.75) is 6.54 Å². The molecule has 19 heavy (non-hydrogen) atoms. The Hall–Kier alpha value is -2.13. The molecule has 2 aromatic heterocycles. The van der Waals surface area contributed by atoms with Crippen molar-refractivity contribution in [1.29, 1.82) is 0 Å². The van der Waals surface area contributed by atoms with Gasteiger partial charge in [0.15, 0.2) is 0 Å². The number of carbonyl (C=O) groups excluding carboxylic acids is 1. The summed E-state index contributed by atoms with van der Waals surface area (Å²) in [6, 6.07) is 2.65. The van der Waals surface area contributed by atoms with Crippen molar-refractivity contribution in [3.63, 3.8) is 0 Å². The molecule has 0 aromatic carbocycles. The Morgan fingerprint density at radius 3 is 3.05 bits per heavy atom. The first-order chi connectivity index (χ1) is 9.20. The lowest BCUT2D eigenvalue weighted by Crippen LogP contribution is -2.27. The number of methoxy groups -OCH3 is 1. The van der Waals surface area contributed by atoms with Crippen molar-refractivity contribution < 1.29 is 9.53 Å². The number of carbonyl (C=O) groups is 1. The van der Waals surface area contributed by atoms with Crippen molar-refractivity contribution in [1.82, 2.24) is 20.0 Å². The molecular formula is C10H11N5O3S. The van der Waals surface area contributed by atoms with Crippen LogP contribution in [0, 0.1) is 0 Å². The summed E-state index contributed by atoms with van der Waals surface area (Å²) in [7, 11) is 1.52. The Bertz CT molecular complexity index is 610. The molecule has 2 heterocycles. The predicted octanol–water partition coefficient (Wildman–Crippen LogP) is -0.00650. The van der Waals surface area contributed by atoms with Gasteiger partial charge in [-0.1, -0.05) is 11.3 Å². The van der Waals surface area contributed by atoms with E-state index in [0.717, 1.165) is 0 Å². The van der Waals surface area contributed by atoms with Gasteiger partial charge in [-0.25, -0.2) is 4.68 Å². The smallest absolute Gasteiger partial charge is 0.277 e. The van der Waals surface area contributed by atoms with E-state index in [0.29, 0.717) is 11.7 Å². The fourth-order valence-electron chi connectivity index (χ4n) is 1.30. The highest BCUT2D eigenvalue weighted by molar-refractivity contribution is 7.13. The number of amides is 1. The van der Waals surface area contributed by atoms with E-state index >= 15 is 0 Å². The maximum Gasteiger partial charge on any atom is 0.277 e. The number of rotatable bonds is 5. The van der Waals surface area contributed by atoms with Gasteiger partial charge in [0.05, 0.1) is 13.2 Å². The summed E-state index contributed by atoms with van der Waals surface area (Å²) in [4.78, 5) is 23.4. The standard InChI is InChI=1S/C10H11N5O3S/c1-18-5-4-15-8(16)3-2-7(14-15)9(17)12-10-13-11-6-19-10/h2-3,6H,4-5H2,1H3,(H,12,13,17). The van der Waals surface area contributed by atoms with Gasteiger partial charge in [0.25, 0.3) is 11.5 Å². The lowest BCUT2D eigenvalue weighted by molar-refractivity contribution is 0.101. The first-order valence-corrected chi connectivity index (χ1v) is 6.23. The number of nitrogens with one attached hydrogen (secondary N) is 1. The summed E-state index contributed by atoms with van der Waals surface area (Å²) >= 11 is 1.20. The third-order valence-electron chi connectivity index (χ3n) is 2.19. The average molecular weight is 281 g/mol. The molecule has 1 amide bonds. The van der Waals surface area contributed by atoms with E-state index < -0.39 is 5.91 Å². The van der Waals surface area contributed by atoms with Gasteiger partial charge in [0.2, 0.25) is 5.13 Å². The van der Waals surface area contributed by atoms with Crippen LogP contribution in [-0.2, 0) is 11.3 Å². The van der Waals surface area contributed by atoms with Crippen LogP contribution in [0.3, 0.4) is 0 Å². The minimum atomic E-state index is -0.442. The van der Waals surface area contributed by atoms with Crippen molar-refractivity contribution >= 4 is 22.4 Å². The highest BCUT2D eigenvalue weighted by atomic mass is 32.1. The first kappa shape index (κ1) is 13.3. The summed E-state index contributed by atoms with van der Waals surface area (Å²) in [5, 5.41) is 14.2. The molecule has 100 valence electrons. The van der Waals surface area contributed by atoms with Gasteiger partial charge in [-0.3, -0.25) is 14.9 Å². The lowest BCUT2D eigenvalue weighted by atomic mass is 10.3. The third kappa shape index (κ3) is 3.42. The summed E-state index contributed by atoms with van der Waals surface area (Å²) in [5.41, 5.74) is 1.35. The zero-order chi connectivity index (χ0) is 13.7. The molecule has 0 saturated heterocycles. The van der Waals surface area contributed by atoms with Gasteiger partial charge in [0.1, 0.15) is 11.2 Å². The van der Waals surface area contributed by atoms with Gasteiger partial charge in [-0.05, 0) is 6.07 Å². The Morgan fingerprint density at radius 1 is 1.53 bits per heavy atom. The molecule has 9 heteroatoms. The molecule has 0 unspecified atom stereocenters. The molecule has 0 saturated carbocycles. The van der Waals surface area contributed by atoms with Crippen LogP contribution in [0.2, 0.25) is 0 Å². The maximum atomic E-state index is 11.9. The molecule has 1 N–H and O–H groups in total. The molecule has 0 radical (unpaired) electrons. The number of ether oxygens (including phenoxy) is 1. The summed E-state index contributed by atoms with van der Waals surface area (Å²) < 4.78 is 6.05. The molecule has 0 bridgehead atoms. The molecule has 0 fully saturated rings. The van der Waals surface area contributed by atoms with Crippen LogP contribution in [0.4, 0.5) is 5.13 Å². The summed E-state index contributed by atoms with van der Waals surface area (Å²) in [5.74, 6) is -0.442. The van der Waals surface area contributed by atoms with Crippen LogP contribution in [0.5, 0.6) is 0 Å². The third-order valence-corrected chi connectivity index (χ3v) is 2.79. The molecule has 0 aliphatic carbocycles. The topological polar surface area (TPSA) is 99.0 Å². The van der Waals surface area contributed by atoms with Gasteiger partial charge >= 0.3 is 0 Å². The van der Waals surface area contributed by atoms with E-state index in [1.165, 1.54) is 40.8 Å². The predicted molar refractivity (Wildman–Crippen MR) is 68.2 cm³/mol. The van der Waals surface area contributed by atoms with Crippen molar-refractivity contribution in [2.24, 2.45) is 0 Å². The Balaban J connectivity index is 2.15. The van der Waals surface area contributed by atoms with Crippen molar-refractivity contribution in [3.8, 4) is 0 Å². The van der Waals surface area contributed by atoms with Crippen LogP contribution >= 0.6 is 11.3 Å². The maximum absolute atomic E-state index is 11.9. The molecule has 8 nitrogen and oxygen atoms in total. The summed E-state index contributed by atoms with van der Waals surface area (Å²) in [6.07, 6.45) is 0. The fourth-order valence-corrected chi connectivity index (χ4v) is 1.74. The fraction of sp³-hybridized carbons (Fsp3) is 0.300. The van der Waals surface area contributed by atoms with Gasteiger partial charge in [0, 0.05) is 13.2 Å². The second-order valence-electron chi connectivity index (χ2n) is 3.47. The molecular weight excluding hydrogens is 270 g/mol. The van der Waals surface area contributed by atoms with E-state index in [2.05, 4.69) is 20.6 Å². The molecule has 0 aliphatic heterocycles. The molecule has 2 rings (SSSR count). The van der Waals surface area contributed by atoms with E-state index in [1.54, 1.807) is 0 Å². The van der Waals surface area contributed by atoms with Crippen LogP contribution < -0.4 is 10.9 Å². The highest BCUT2D eigenvalue weighted by Crippen LogP contribution is 2.08. The Kier molecular flexibility index (Phi) is 4.31. The first-order valence-electron chi connectivity index (χ1n) is 5.35. The molecule has 0 aliphatic rings. The van der Waals surface area contributed by atoms with Crippen LogP contribution in [0.1, 0.15) is 10.5 Å². The zero-order valence-electron chi connectivity index (χ0n) is 10.1. The zero-order valence-corrected chi connectivity index (χ0v) is 10.9. The number of hydrogen-bond donors (Lipinski definition) is 1. The monoisotopic (exact) mass is 281 g/mol. The van der Waals surface area contributed by atoms with E-state index in [4.69, 9.17) is 4.74 Å². The molecule has 0 spiro atoms. The van der Waals surface area contributed by atoms with Crippen LogP contribution in [0.25, 0.3) is 0 Å². The minimum Gasteiger partial charge on any atom is -0.383 e. The molecule has 0 atom stereocenters. The number of aromatic nitrogens is 4. The number of hydrogen-bond acceptors (Lipinski definition) is 7. The SMILES string of the molecule is COCCn1nc(C(=O)Nc2nncs2)ccc1=O. The minimum absolute atomic E-state index is 0.130. The Morgan fingerprint density at radius 2 is 2.37 bits per heavy atom. The average Bonchev–Trinajstić information content (AvgIpc) is 2.90. The van der Waals surface area contributed by atoms with Crippen LogP contribution in [0.15, 0.2) is 22.4 Å². The Labute approximate surface area is 112 Å². The lowest BCUT2D eigenvalue weighted by Gasteiger charge is -2.05. The molecule has 2 aromatic rings. The van der Waals surface area contributed by atoms with E-state index in [1.807, 2.05) is 0 Å². The van der Waals surface area contributed by atoms with E-state index in [9.17, 15) is 9.59 Å². The highest BCUT2D eigenvalue weighted by Gasteiger charge is 2.11. The quantitative estimate of drug-likeness (QED) is 0.827. The van der Waals surface area contributed by atoms with Gasteiger partial charge in [-0.2, -0.15) is 5.10 Å². The normalized spacial score (nSPS) is 10.4. The largest absolute Gasteiger partial charge is 0.383 e. The number of nitrogens with zero attached hydrogens (tertiary/aromatic N) is 4. The second kappa shape index (κ2) is 6.16. The summed E-state index contributed by atoms with van der Waals surface area (Å²) in [6.45, 7) is 0.629. The van der Waals surface area contributed by atoms with E-state index in [-0.39, 0.29) is 17.8 Å². The van der Waals surface area contributed by atoms with Crippen molar-refractivity contribution in [2.75, 3.05) is 19.0 Å².